The van der Waals surface area contributed by atoms with Crippen LogP contribution < -0.4 is 14.8 Å². The molecule has 0 saturated heterocycles. The zero-order valence-corrected chi connectivity index (χ0v) is 14.6. The first kappa shape index (κ1) is 16.8. The molecule has 4 nitrogen and oxygen atoms in total. The number of hydrogen-bond donors (Lipinski definition) is 0. The molecule has 0 radical (unpaired) electrons. The molecule has 0 aliphatic carbocycles. The second kappa shape index (κ2) is 6.86. The van der Waals surface area contributed by atoms with Crippen molar-refractivity contribution in [2.75, 3.05) is 0 Å². The smallest absolute Gasteiger partial charge is 0.268 e. The van der Waals surface area contributed by atoms with Crippen LogP contribution in [0.5, 0.6) is 0 Å². The Morgan fingerprint density at radius 2 is 2.04 bits per heavy atom. The maximum absolute atomic E-state index is 14.4. The van der Waals surface area contributed by atoms with Crippen molar-refractivity contribution in [2.45, 2.75) is 0 Å². The minimum atomic E-state index is -0.437. The highest BCUT2D eigenvalue weighted by Crippen LogP contribution is 2.26. The topological polar surface area (TPSA) is 69.6 Å². The van der Waals surface area contributed by atoms with Crippen molar-refractivity contribution in [2.24, 2.45) is 7.05 Å². The summed E-state index contributed by atoms with van der Waals surface area (Å²) in [5.74, 6) is -0.437. The van der Waals surface area contributed by atoms with Crippen molar-refractivity contribution >= 4 is 34.3 Å². The van der Waals surface area contributed by atoms with Gasteiger partial charge in [0.05, 0.1) is 4.53 Å². The molecule has 0 saturated carbocycles. The summed E-state index contributed by atoms with van der Waals surface area (Å²) in [5, 5.41) is 19.9. The quantitative estimate of drug-likeness (QED) is 0.698. The van der Waals surface area contributed by atoms with Crippen molar-refractivity contribution in [1.29, 1.82) is 10.5 Å². The van der Waals surface area contributed by atoms with Crippen LogP contribution in [0, 0.1) is 28.5 Å². The molecule has 0 spiro atoms. The minimum Gasteiger partial charge on any atom is -0.300 e. The van der Waals surface area contributed by atoms with E-state index in [0.29, 0.717) is 0 Å². The van der Waals surface area contributed by atoms with Gasteiger partial charge in [0.15, 0.2) is 5.57 Å². The molecule has 2 aromatic heterocycles. The predicted octanol–water partition coefficient (Wildman–Crippen LogP) is 2.34. The zero-order valence-electron chi connectivity index (χ0n) is 13.0. The standard InChI is InChI=1S/C18H10FN3OS2/c1-22-17(23)16(25-18(22)13(9-20)10-21)8-11-4-5-12(7-14(11)19)15-3-2-6-24-15/h2-8H,1H3/b16-8-. The summed E-state index contributed by atoms with van der Waals surface area (Å²) < 4.78 is 16.2. The van der Waals surface area contributed by atoms with Gasteiger partial charge < -0.3 is 4.57 Å². The Hall–Kier alpha value is -3.00. The van der Waals surface area contributed by atoms with Crippen molar-refractivity contribution in [3.63, 3.8) is 0 Å². The van der Waals surface area contributed by atoms with E-state index in [1.165, 1.54) is 35.1 Å². The molecule has 3 rings (SSSR count). The summed E-state index contributed by atoms with van der Waals surface area (Å²) in [6.07, 6.45) is 1.44. The third-order valence-corrected chi connectivity index (χ3v) is 5.66. The first-order chi connectivity index (χ1) is 12.0. The molecule has 7 heteroatoms. The first-order valence-electron chi connectivity index (χ1n) is 7.10. The van der Waals surface area contributed by atoms with E-state index < -0.39 is 5.82 Å². The van der Waals surface area contributed by atoms with E-state index >= 15 is 0 Å². The van der Waals surface area contributed by atoms with E-state index in [1.54, 1.807) is 24.3 Å². The lowest BCUT2D eigenvalue weighted by Crippen LogP contribution is -2.29. The molecule has 25 heavy (non-hydrogen) atoms. The Kier molecular flexibility index (Phi) is 4.62. The van der Waals surface area contributed by atoms with Crippen LogP contribution in [0.15, 0.2) is 40.5 Å². The summed E-state index contributed by atoms with van der Waals surface area (Å²) in [6.45, 7) is 0. The van der Waals surface area contributed by atoms with E-state index in [9.17, 15) is 9.18 Å². The molecule has 0 fully saturated rings. The lowest BCUT2D eigenvalue weighted by atomic mass is 10.1. The van der Waals surface area contributed by atoms with Gasteiger partial charge in [-0.25, -0.2) is 4.39 Å². The fourth-order valence-corrected chi connectivity index (χ4v) is 4.04. The van der Waals surface area contributed by atoms with Gasteiger partial charge >= 0.3 is 0 Å². The second-order valence-corrected chi connectivity index (χ2v) is 7.07. The molecule has 2 heterocycles. The third-order valence-electron chi connectivity index (χ3n) is 3.56. The number of nitrogens with zero attached hydrogens (tertiary/aromatic N) is 3. The lowest BCUT2D eigenvalue weighted by Gasteiger charge is -2.00. The van der Waals surface area contributed by atoms with Crippen LogP contribution in [0.2, 0.25) is 0 Å². The van der Waals surface area contributed by atoms with Gasteiger partial charge in [-0.1, -0.05) is 18.2 Å². The van der Waals surface area contributed by atoms with Crippen LogP contribution in [0.3, 0.4) is 0 Å². The molecule has 3 aromatic rings. The van der Waals surface area contributed by atoms with Crippen molar-refractivity contribution in [3.8, 4) is 22.6 Å². The first-order valence-corrected chi connectivity index (χ1v) is 8.80. The minimum absolute atomic E-state index is 0.141. The lowest BCUT2D eigenvalue weighted by molar-refractivity contribution is 0.625. The maximum atomic E-state index is 14.4. The van der Waals surface area contributed by atoms with Crippen LogP contribution in [0.25, 0.3) is 22.1 Å². The molecule has 0 amide bonds. The van der Waals surface area contributed by atoms with E-state index in [2.05, 4.69) is 0 Å². The van der Waals surface area contributed by atoms with Gasteiger partial charge in [0.25, 0.3) is 5.56 Å². The Bertz CT molecular complexity index is 1190. The summed E-state index contributed by atoms with van der Waals surface area (Å²) in [7, 11) is 1.48. The van der Waals surface area contributed by atoms with Crippen molar-refractivity contribution < 1.29 is 4.39 Å². The number of hydrogen-bond acceptors (Lipinski definition) is 5. The number of thiazole rings is 1. The summed E-state index contributed by atoms with van der Waals surface area (Å²) in [4.78, 5) is 13.2. The number of aromatic nitrogens is 1. The normalized spacial score (nSPS) is 11.1. The Morgan fingerprint density at radius 1 is 1.28 bits per heavy atom. The highest BCUT2D eigenvalue weighted by molar-refractivity contribution is 7.13. The Morgan fingerprint density at radius 3 is 2.64 bits per heavy atom. The molecule has 0 N–H and O–H groups in total. The van der Waals surface area contributed by atoms with Gasteiger partial charge in [0.2, 0.25) is 0 Å². The van der Waals surface area contributed by atoms with Gasteiger partial charge in [-0.15, -0.1) is 22.7 Å². The van der Waals surface area contributed by atoms with Gasteiger partial charge in [0.1, 0.15) is 22.6 Å². The fraction of sp³-hybridized carbons (Fsp3) is 0.0556. The van der Waals surface area contributed by atoms with Gasteiger partial charge in [0, 0.05) is 17.5 Å². The summed E-state index contributed by atoms with van der Waals surface area (Å²) >= 11 is 2.52. The van der Waals surface area contributed by atoms with Crippen molar-refractivity contribution in [1.82, 2.24) is 4.57 Å². The predicted molar refractivity (Wildman–Crippen MR) is 96.7 cm³/mol. The number of thiophene rings is 1. The SMILES string of the molecule is Cn1c(=C(C#N)C#N)s/c(=C\c2ccc(-c3cccs3)cc2F)c1=O. The van der Waals surface area contributed by atoms with Gasteiger partial charge in [-0.3, -0.25) is 4.79 Å². The second-order valence-electron chi connectivity index (χ2n) is 5.09. The molecule has 0 bridgehead atoms. The van der Waals surface area contributed by atoms with Gasteiger partial charge in [-0.05, 0) is 29.2 Å². The van der Waals surface area contributed by atoms with E-state index in [1.807, 2.05) is 17.5 Å². The average Bonchev–Trinajstić information content (AvgIpc) is 3.23. The highest BCUT2D eigenvalue weighted by atomic mass is 32.1. The third kappa shape index (κ3) is 3.16. The summed E-state index contributed by atoms with van der Waals surface area (Å²) in [6, 6.07) is 12.2. The number of nitriles is 2. The highest BCUT2D eigenvalue weighted by Gasteiger charge is 2.08. The number of halogens is 1. The monoisotopic (exact) mass is 367 g/mol. The molecular formula is C18H10FN3OS2. The molecule has 0 atom stereocenters. The molecule has 1 aromatic carbocycles. The zero-order chi connectivity index (χ0) is 18.0. The number of benzene rings is 1. The van der Waals surface area contributed by atoms with E-state index in [0.717, 1.165) is 21.8 Å². The van der Waals surface area contributed by atoms with E-state index in [4.69, 9.17) is 10.5 Å². The molecule has 122 valence electrons. The molecule has 0 unspecified atom stereocenters. The maximum Gasteiger partial charge on any atom is 0.268 e. The van der Waals surface area contributed by atoms with Gasteiger partial charge in [-0.2, -0.15) is 10.5 Å². The van der Waals surface area contributed by atoms with Crippen LogP contribution in [0.4, 0.5) is 4.39 Å². The molecular weight excluding hydrogens is 357 g/mol. The van der Waals surface area contributed by atoms with Crippen LogP contribution in [0.1, 0.15) is 5.56 Å². The number of rotatable bonds is 2. The average molecular weight is 367 g/mol. The Balaban J connectivity index is 2.16. The Labute approximate surface area is 150 Å². The fourth-order valence-electron chi connectivity index (χ4n) is 2.29. The summed E-state index contributed by atoms with van der Waals surface area (Å²) in [5.41, 5.74) is 0.540. The van der Waals surface area contributed by atoms with E-state index in [-0.39, 0.29) is 25.9 Å². The van der Waals surface area contributed by atoms with Crippen LogP contribution in [-0.4, -0.2) is 4.57 Å². The van der Waals surface area contributed by atoms with Crippen LogP contribution >= 0.6 is 22.7 Å². The molecule has 0 aliphatic heterocycles. The molecule has 0 aliphatic rings. The largest absolute Gasteiger partial charge is 0.300 e. The van der Waals surface area contributed by atoms with Crippen LogP contribution in [-0.2, 0) is 7.05 Å². The van der Waals surface area contributed by atoms with Crippen molar-refractivity contribution in [3.05, 3.63) is 66.6 Å².